The highest BCUT2D eigenvalue weighted by atomic mass is 15.2. The van der Waals surface area contributed by atoms with Gasteiger partial charge in [-0.1, -0.05) is 38.0 Å². The molecule has 0 bridgehead atoms. The van der Waals surface area contributed by atoms with E-state index in [9.17, 15) is 0 Å². The normalized spacial score (nSPS) is 34.4. The molecule has 2 nitrogen and oxygen atoms in total. The number of rotatable bonds is 2. The molecule has 3 rings (SSSR count). The Morgan fingerprint density at radius 1 is 1.32 bits per heavy atom. The number of nitrogens with two attached hydrogens (primary N) is 1. The summed E-state index contributed by atoms with van der Waals surface area (Å²) in [6.07, 6.45) is 6.18. The van der Waals surface area contributed by atoms with Crippen molar-refractivity contribution in [2.45, 2.75) is 57.5 Å². The topological polar surface area (TPSA) is 29.3 Å². The molecule has 2 aliphatic rings. The van der Waals surface area contributed by atoms with E-state index in [-0.39, 0.29) is 5.54 Å². The molecule has 2 N–H and O–H groups in total. The molecule has 2 heteroatoms. The van der Waals surface area contributed by atoms with E-state index in [0.29, 0.717) is 6.04 Å². The second-order valence-corrected chi connectivity index (χ2v) is 6.87. The number of para-hydroxylation sites is 1. The fourth-order valence-electron chi connectivity index (χ4n) is 4.05. The predicted octanol–water partition coefficient (Wildman–Crippen LogP) is 3.35. The van der Waals surface area contributed by atoms with Gasteiger partial charge < -0.3 is 10.6 Å². The maximum atomic E-state index is 6.71. The quantitative estimate of drug-likeness (QED) is 0.881. The Morgan fingerprint density at radius 3 is 2.89 bits per heavy atom. The fraction of sp³-hybridized carbons (Fsp3) is 0.647. The Morgan fingerprint density at radius 2 is 2.11 bits per heavy atom. The standard InChI is InChI=1S/C17H26N2/c1-13-6-5-9-17(18,11-13)12-19-14(2)10-15-7-3-4-8-16(15)19/h3-4,7-8,13-14H,5-6,9-12,18H2,1-2H3. The van der Waals surface area contributed by atoms with Crippen LogP contribution in [0.5, 0.6) is 0 Å². The first-order valence-electron chi connectivity index (χ1n) is 7.71. The zero-order valence-corrected chi connectivity index (χ0v) is 12.2. The van der Waals surface area contributed by atoms with Crippen LogP contribution in [0.4, 0.5) is 5.69 Å². The van der Waals surface area contributed by atoms with Crippen molar-refractivity contribution in [3.63, 3.8) is 0 Å². The summed E-state index contributed by atoms with van der Waals surface area (Å²) in [4.78, 5) is 2.55. The van der Waals surface area contributed by atoms with Gasteiger partial charge >= 0.3 is 0 Å². The van der Waals surface area contributed by atoms with Gasteiger partial charge in [0.15, 0.2) is 0 Å². The average molecular weight is 258 g/mol. The summed E-state index contributed by atoms with van der Waals surface area (Å²) in [6.45, 7) is 5.70. The summed E-state index contributed by atoms with van der Waals surface area (Å²) in [7, 11) is 0. The Kier molecular flexibility index (Phi) is 3.30. The van der Waals surface area contributed by atoms with Crippen molar-refractivity contribution in [1.29, 1.82) is 0 Å². The average Bonchev–Trinajstić information content (AvgIpc) is 2.65. The highest BCUT2D eigenvalue weighted by molar-refractivity contribution is 5.59. The number of hydrogen-bond acceptors (Lipinski definition) is 2. The van der Waals surface area contributed by atoms with Gasteiger partial charge in [-0.3, -0.25) is 0 Å². The molecule has 0 spiro atoms. The first-order valence-corrected chi connectivity index (χ1v) is 7.71. The van der Waals surface area contributed by atoms with Crippen LogP contribution in [0, 0.1) is 5.92 Å². The fourth-order valence-corrected chi connectivity index (χ4v) is 4.05. The van der Waals surface area contributed by atoms with Gasteiger partial charge in [-0.05, 0) is 43.7 Å². The maximum Gasteiger partial charge on any atom is 0.0402 e. The molecule has 0 aromatic heterocycles. The van der Waals surface area contributed by atoms with Crippen molar-refractivity contribution in [3.05, 3.63) is 29.8 Å². The number of fused-ring (bicyclic) bond motifs is 1. The highest BCUT2D eigenvalue weighted by Crippen LogP contribution is 2.37. The zero-order valence-electron chi connectivity index (χ0n) is 12.2. The van der Waals surface area contributed by atoms with E-state index < -0.39 is 0 Å². The third-order valence-electron chi connectivity index (χ3n) is 4.96. The number of anilines is 1. The molecule has 0 saturated heterocycles. The second kappa shape index (κ2) is 4.82. The maximum absolute atomic E-state index is 6.71. The van der Waals surface area contributed by atoms with E-state index in [1.54, 1.807) is 0 Å². The molecule has 1 heterocycles. The third-order valence-corrected chi connectivity index (χ3v) is 4.96. The van der Waals surface area contributed by atoms with Gasteiger partial charge in [-0.25, -0.2) is 0 Å². The highest BCUT2D eigenvalue weighted by Gasteiger charge is 2.36. The molecule has 3 atom stereocenters. The lowest BCUT2D eigenvalue weighted by molar-refractivity contribution is 0.237. The van der Waals surface area contributed by atoms with Gasteiger partial charge in [0.25, 0.3) is 0 Å². The Bertz CT molecular complexity index is 456. The monoisotopic (exact) mass is 258 g/mol. The van der Waals surface area contributed by atoms with Crippen LogP contribution in [-0.2, 0) is 6.42 Å². The second-order valence-electron chi connectivity index (χ2n) is 6.87. The minimum atomic E-state index is 0.0172. The molecule has 1 aromatic carbocycles. The van der Waals surface area contributed by atoms with Crippen LogP contribution in [0.3, 0.4) is 0 Å². The molecular formula is C17H26N2. The third kappa shape index (κ3) is 2.51. The van der Waals surface area contributed by atoms with E-state index in [0.717, 1.165) is 12.5 Å². The van der Waals surface area contributed by atoms with Crippen molar-refractivity contribution in [3.8, 4) is 0 Å². The molecule has 1 aromatic rings. The predicted molar refractivity (Wildman–Crippen MR) is 81.5 cm³/mol. The van der Waals surface area contributed by atoms with Gasteiger partial charge in [0.1, 0.15) is 0 Å². The summed E-state index contributed by atoms with van der Waals surface area (Å²) >= 11 is 0. The first-order chi connectivity index (χ1) is 9.07. The van der Waals surface area contributed by atoms with E-state index >= 15 is 0 Å². The molecule has 1 aliphatic carbocycles. The molecule has 1 saturated carbocycles. The van der Waals surface area contributed by atoms with Gasteiger partial charge in [-0.15, -0.1) is 0 Å². The smallest absolute Gasteiger partial charge is 0.0402 e. The molecule has 1 fully saturated rings. The van der Waals surface area contributed by atoms with Gasteiger partial charge in [0.05, 0.1) is 0 Å². The van der Waals surface area contributed by atoms with Crippen molar-refractivity contribution in [2.24, 2.45) is 11.7 Å². The Labute approximate surface area is 117 Å². The lowest BCUT2D eigenvalue weighted by Crippen LogP contribution is -2.54. The van der Waals surface area contributed by atoms with Crippen LogP contribution < -0.4 is 10.6 Å². The lowest BCUT2D eigenvalue weighted by atomic mass is 9.76. The van der Waals surface area contributed by atoms with Crippen LogP contribution in [-0.4, -0.2) is 18.1 Å². The summed E-state index contributed by atoms with van der Waals surface area (Å²) in [5.74, 6) is 0.784. The van der Waals surface area contributed by atoms with Crippen molar-refractivity contribution >= 4 is 5.69 Å². The number of hydrogen-bond donors (Lipinski definition) is 1. The molecule has 0 amide bonds. The van der Waals surface area contributed by atoms with Crippen molar-refractivity contribution in [2.75, 3.05) is 11.4 Å². The summed E-state index contributed by atoms with van der Waals surface area (Å²) in [6, 6.07) is 9.41. The van der Waals surface area contributed by atoms with Crippen LogP contribution in [0.15, 0.2) is 24.3 Å². The van der Waals surface area contributed by atoms with Crippen molar-refractivity contribution in [1.82, 2.24) is 0 Å². The summed E-state index contributed by atoms with van der Waals surface area (Å²) in [5, 5.41) is 0. The zero-order chi connectivity index (χ0) is 13.5. The largest absolute Gasteiger partial charge is 0.366 e. The van der Waals surface area contributed by atoms with Crippen LogP contribution in [0.1, 0.15) is 45.1 Å². The van der Waals surface area contributed by atoms with E-state index in [1.165, 1.54) is 43.4 Å². The first kappa shape index (κ1) is 13.0. The number of benzene rings is 1. The van der Waals surface area contributed by atoms with Crippen LogP contribution in [0.25, 0.3) is 0 Å². The van der Waals surface area contributed by atoms with Gasteiger partial charge in [0, 0.05) is 23.8 Å². The minimum absolute atomic E-state index is 0.0172. The summed E-state index contributed by atoms with van der Waals surface area (Å²) < 4.78 is 0. The lowest BCUT2D eigenvalue weighted by Gasteiger charge is -2.41. The van der Waals surface area contributed by atoms with Crippen LogP contribution >= 0.6 is 0 Å². The summed E-state index contributed by atoms with van der Waals surface area (Å²) in [5.41, 5.74) is 9.63. The Balaban J connectivity index is 1.79. The molecule has 19 heavy (non-hydrogen) atoms. The van der Waals surface area contributed by atoms with Crippen molar-refractivity contribution < 1.29 is 0 Å². The molecule has 3 unspecified atom stereocenters. The molecule has 1 aliphatic heterocycles. The van der Waals surface area contributed by atoms with Gasteiger partial charge in [0.2, 0.25) is 0 Å². The van der Waals surface area contributed by atoms with E-state index in [4.69, 9.17) is 5.73 Å². The Hall–Kier alpha value is -1.02. The number of nitrogens with zero attached hydrogens (tertiary/aromatic N) is 1. The minimum Gasteiger partial charge on any atom is -0.366 e. The molecular weight excluding hydrogens is 232 g/mol. The van der Waals surface area contributed by atoms with E-state index in [1.807, 2.05) is 0 Å². The van der Waals surface area contributed by atoms with Gasteiger partial charge in [-0.2, -0.15) is 0 Å². The van der Waals surface area contributed by atoms with Crippen LogP contribution in [0.2, 0.25) is 0 Å². The molecule has 0 radical (unpaired) electrons. The SMILES string of the molecule is CC1CCCC(N)(CN2c3ccccc3CC2C)C1. The van der Waals surface area contributed by atoms with E-state index in [2.05, 4.69) is 43.0 Å². The molecule has 104 valence electrons.